The minimum Gasteiger partial charge on any atom is -0.320 e. The minimum atomic E-state index is -0.533. The number of benzene rings is 2. The molecular formula is C16H12N4O4. The summed E-state index contributed by atoms with van der Waals surface area (Å²) in [6.45, 7) is 1.30. The molecule has 0 fully saturated rings. The van der Waals surface area contributed by atoms with Crippen molar-refractivity contribution in [1.82, 2.24) is 0 Å². The normalized spacial score (nSPS) is 14.2. The Kier molecular flexibility index (Phi) is 3.78. The Balaban J connectivity index is 2.02. The molecule has 2 aromatic rings. The molecule has 1 N–H and O–H groups in total. The number of nitro benzene ring substituents is 1. The number of carbonyl (C=O) groups excluding carboxylic acids is 2. The number of nitrogens with one attached hydrogen (secondary N) is 1. The zero-order chi connectivity index (χ0) is 17.3. The predicted molar refractivity (Wildman–Crippen MR) is 87.9 cm³/mol. The number of hydrogen-bond donors (Lipinski definition) is 1. The molecule has 0 radical (unpaired) electrons. The topological polar surface area (TPSA) is 105 Å². The van der Waals surface area contributed by atoms with E-state index in [-0.39, 0.29) is 11.4 Å². The van der Waals surface area contributed by atoms with E-state index in [1.54, 1.807) is 24.3 Å². The molecule has 0 saturated heterocycles. The van der Waals surface area contributed by atoms with Gasteiger partial charge in [0.25, 0.3) is 11.6 Å². The van der Waals surface area contributed by atoms with E-state index in [4.69, 9.17) is 0 Å². The number of nitrogens with zero attached hydrogens (tertiary/aromatic N) is 3. The van der Waals surface area contributed by atoms with Crippen LogP contribution in [-0.2, 0) is 9.59 Å². The molecule has 8 nitrogen and oxygen atoms in total. The summed E-state index contributed by atoms with van der Waals surface area (Å²) in [5.74, 6) is -0.835. The molecule has 1 heterocycles. The molecule has 2 aromatic carbocycles. The van der Waals surface area contributed by atoms with Gasteiger partial charge in [-0.05, 0) is 18.2 Å². The van der Waals surface area contributed by atoms with Crippen LogP contribution < -0.4 is 10.3 Å². The van der Waals surface area contributed by atoms with E-state index in [0.717, 1.165) is 5.01 Å². The largest absolute Gasteiger partial charge is 0.320 e. The van der Waals surface area contributed by atoms with E-state index in [1.165, 1.54) is 31.2 Å². The van der Waals surface area contributed by atoms with Crippen LogP contribution in [0.4, 0.5) is 17.1 Å². The molecule has 120 valence electrons. The van der Waals surface area contributed by atoms with Gasteiger partial charge < -0.3 is 5.32 Å². The number of amides is 2. The Morgan fingerprint density at radius 1 is 1.17 bits per heavy atom. The first-order valence-electron chi connectivity index (χ1n) is 7.02. The summed E-state index contributed by atoms with van der Waals surface area (Å²) >= 11 is 0. The third kappa shape index (κ3) is 2.72. The average Bonchev–Trinajstić information content (AvgIpc) is 2.87. The van der Waals surface area contributed by atoms with Crippen LogP contribution >= 0.6 is 0 Å². The van der Waals surface area contributed by atoms with Crippen LogP contribution in [0.25, 0.3) is 0 Å². The highest BCUT2D eigenvalue weighted by Crippen LogP contribution is 2.25. The van der Waals surface area contributed by atoms with Crippen LogP contribution in [0.15, 0.2) is 53.6 Å². The van der Waals surface area contributed by atoms with Gasteiger partial charge in [0, 0.05) is 24.6 Å². The molecule has 1 aliphatic heterocycles. The zero-order valence-electron chi connectivity index (χ0n) is 12.6. The lowest BCUT2D eigenvalue weighted by molar-refractivity contribution is -0.384. The van der Waals surface area contributed by atoms with E-state index in [9.17, 15) is 19.7 Å². The highest BCUT2D eigenvalue weighted by molar-refractivity contribution is 6.54. The summed E-state index contributed by atoms with van der Waals surface area (Å²) in [7, 11) is 0. The lowest BCUT2D eigenvalue weighted by atomic mass is 10.1. The van der Waals surface area contributed by atoms with Crippen molar-refractivity contribution in [2.45, 2.75) is 6.92 Å². The first-order chi connectivity index (χ1) is 11.5. The number of para-hydroxylation sites is 1. The fourth-order valence-electron chi connectivity index (χ4n) is 2.33. The molecule has 0 atom stereocenters. The van der Waals surface area contributed by atoms with Crippen LogP contribution in [0.3, 0.4) is 0 Å². The maximum absolute atomic E-state index is 12.1. The number of non-ortho nitro benzene ring substituents is 1. The van der Waals surface area contributed by atoms with Crippen molar-refractivity contribution >= 4 is 34.6 Å². The Morgan fingerprint density at radius 2 is 1.83 bits per heavy atom. The average molecular weight is 324 g/mol. The van der Waals surface area contributed by atoms with Gasteiger partial charge >= 0.3 is 0 Å². The fourth-order valence-corrected chi connectivity index (χ4v) is 2.33. The zero-order valence-corrected chi connectivity index (χ0v) is 12.6. The number of fused-ring (bicyclic) bond motifs is 1. The van der Waals surface area contributed by atoms with Crippen LogP contribution in [0, 0.1) is 10.1 Å². The van der Waals surface area contributed by atoms with Crippen LogP contribution in [0.5, 0.6) is 0 Å². The predicted octanol–water partition coefficient (Wildman–Crippen LogP) is 2.30. The quantitative estimate of drug-likeness (QED) is 0.690. The SMILES string of the molecule is CC(=O)N(N=C1C(=O)Nc2ccccc21)c1ccc([N+](=O)[O-])cc1. The molecule has 0 aliphatic carbocycles. The Morgan fingerprint density at radius 3 is 2.46 bits per heavy atom. The summed E-state index contributed by atoms with van der Waals surface area (Å²) in [6.07, 6.45) is 0. The second-order valence-corrected chi connectivity index (χ2v) is 5.05. The Bertz CT molecular complexity index is 874. The number of hydrogen-bond acceptors (Lipinski definition) is 5. The Hall–Kier alpha value is -3.55. The van der Waals surface area contributed by atoms with Gasteiger partial charge in [-0.3, -0.25) is 19.7 Å². The maximum Gasteiger partial charge on any atom is 0.276 e. The summed E-state index contributed by atoms with van der Waals surface area (Å²) in [5, 5.41) is 18.6. The van der Waals surface area contributed by atoms with Crippen LogP contribution in [0.2, 0.25) is 0 Å². The smallest absolute Gasteiger partial charge is 0.276 e. The second-order valence-electron chi connectivity index (χ2n) is 5.05. The summed E-state index contributed by atoms with van der Waals surface area (Å²) in [4.78, 5) is 34.2. The van der Waals surface area contributed by atoms with Gasteiger partial charge in [-0.1, -0.05) is 18.2 Å². The monoisotopic (exact) mass is 324 g/mol. The summed E-state index contributed by atoms with van der Waals surface area (Å²) in [6, 6.07) is 12.4. The molecule has 2 amide bonds. The van der Waals surface area contributed by atoms with Gasteiger partial charge in [-0.15, -0.1) is 0 Å². The van der Waals surface area contributed by atoms with Crippen molar-refractivity contribution in [3.63, 3.8) is 0 Å². The lowest BCUT2D eigenvalue weighted by Gasteiger charge is -2.15. The van der Waals surface area contributed by atoms with Crippen LogP contribution in [-0.4, -0.2) is 22.4 Å². The number of hydrazone groups is 1. The van der Waals surface area contributed by atoms with Crippen molar-refractivity contribution < 1.29 is 14.5 Å². The van der Waals surface area contributed by atoms with Crippen molar-refractivity contribution in [3.05, 3.63) is 64.2 Å². The molecule has 8 heteroatoms. The van der Waals surface area contributed by atoms with E-state index < -0.39 is 16.7 Å². The molecule has 0 spiro atoms. The Labute approximate surface area is 136 Å². The number of anilines is 2. The van der Waals surface area contributed by atoms with Crippen molar-refractivity contribution in [3.8, 4) is 0 Å². The van der Waals surface area contributed by atoms with Gasteiger partial charge in [0.15, 0.2) is 5.71 Å². The van der Waals surface area contributed by atoms with Crippen molar-refractivity contribution in [2.24, 2.45) is 5.10 Å². The molecule has 1 aliphatic rings. The molecule has 0 unspecified atom stereocenters. The summed E-state index contributed by atoms with van der Waals surface area (Å²) < 4.78 is 0. The highest BCUT2D eigenvalue weighted by atomic mass is 16.6. The number of nitro groups is 1. The second kappa shape index (κ2) is 5.92. The van der Waals surface area contributed by atoms with Gasteiger partial charge in [0.1, 0.15) is 0 Å². The third-order valence-corrected chi connectivity index (χ3v) is 3.45. The van der Waals surface area contributed by atoms with Gasteiger partial charge in [0.2, 0.25) is 5.91 Å². The number of rotatable bonds is 3. The van der Waals surface area contributed by atoms with E-state index >= 15 is 0 Å². The molecule has 24 heavy (non-hydrogen) atoms. The van der Waals surface area contributed by atoms with Crippen molar-refractivity contribution in [2.75, 3.05) is 10.3 Å². The van der Waals surface area contributed by atoms with Crippen molar-refractivity contribution in [1.29, 1.82) is 0 Å². The fraction of sp³-hybridized carbons (Fsp3) is 0.0625. The highest BCUT2D eigenvalue weighted by Gasteiger charge is 2.27. The maximum atomic E-state index is 12.1. The third-order valence-electron chi connectivity index (χ3n) is 3.45. The molecule has 3 rings (SSSR count). The molecular weight excluding hydrogens is 312 g/mol. The molecule has 0 aromatic heterocycles. The standard InChI is InChI=1S/C16H12N4O4/c1-10(21)19(11-6-8-12(9-7-11)20(23)24)18-15-13-4-2-3-5-14(13)17-16(15)22/h2-9H,1H3,(H,17,18,22). The van der Waals surface area contributed by atoms with Gasteiger partial charge in [0.05, 0.1) is 16.3 Å². The van der Waals surface area contributed by atoms with Gasteiger partial charge in [-0.25, -0.2) is 5.01 Å². The first-order valence-corrected chi connectivity index (χ1v) is 7.02. The number of carbonyl (C=O) groups is 2. The van der Waals surface area contributed by atoms with Gasteiger partial charge in [-0.2, -0.15) is 5.10 Å². The first kappa shape index (κ1) is 15.3. The van der Waals surface area contributed by atoms with E-state index in [2.05, 4.69) is 10.4 Å². The minimum absolute atomic E-state index is 0.0983. The summed E-state index contributed by atoms with van der Waals surface area (Å²) in [5.41, 5.74) is 1.56. The van der Waals surface area contributed by atoms with E-state index in [0.29, 0.717) is 16.9 Å². The van der Waals surface area contributed by atoms with Crippen LogP contribution in [0.1, 0.15) is 12.5 Å². The van der Waals surface area contributed by atoms with E-state index in [1.807, 2.05) is 0 Å². The lowest BCUT2D eigenvalue weighted by Crippen LogP contribution is -2.27. The molecule has 0 bridgehead atoms. The molecule has 0 saturated carbocycles.